The number of thioether (sulfide) groups is 1. The molecule has 0 radical (unpaired) electrons. The van der Waals surface area contributed by atoms with Crippen molar-refractivity contribution < 1.29 is 4.79 Å². The minimum Gasteiger partial charge on any atom is -0.325 e. The van der Waals surface area contributed by atoms with Gasteiger partial charge in [0.15, 0.2) is 0 Å². The van der Waals surface area contributed by atoms with Gasteiger partial charge in [0.2, 0.25) is 5.91 Å². The zero-order valence-electron chi connectivity index (χ0n) is 9.00. The van der Waals surface area contributed by atoms with Gasteiger partial charge in [-0.15, -0.1) is 11.8 Å². The van der Waals surface area contributed by atoms with Crippen molar-refractivity contribution in [2.45, 2.75) is 23.1 Å². The Hall–Kier alpha value is -0.480. The molecule has 1 amide bonds. The third-order valence-corrected chi connectivity index (χ3v) is 2.99. The van der Waals surface area contributed by atoms with Crippen molar-refractivity contribution in [1.29, 1.82) is 0 Å². The molecular formula is C11H14BrNOS. The summed E-state index contributed by atoms with van der Waals surface area (Å²) in [7, 11) is 0. The molecule has 0 aliphatic rings. The fraction of sp³-hybridized carbons (Fsp3) is 0.364. The lowest BCUT2D eigenvalue weighted by atomic mass is 10.2. The number of hydrogen-bond donors (Lipinski definition) is 1. The third-order valence-electron chi connectivity index (χ3n) is 1.89. The van der Waals surface area contributed by atoms with Crippen LogP contribution in [0, 0.1) is 0 Å². The molecule has 1 aromatic carbocycles. The quantitative estimate of drug-likeness (QED) is 0.681. The molecular weight excluding hydrogens is 274 g/mol. The molecule has 0 aliphatic heterocycles. The van der Waals surface area contributed by atoms with E-state index in [0.29, 0.717) is 0 Å². The molecule has 0 saturated carbocycles. The Balaban J connectivity index is 2.70. The van der Waals surface area contributed by atoms with Crippen LogP contribution in [0.25, 0.3) is 0 Å². The highest BCUT2D eigenvalue weighted by atomic mass is 79.9. The zero-order valence-corrected chi connectivity index (χ0v) is 11.4. The zero-order chi connectivity index (χ0) is 11.5. The van der Waals surface area contributed by atoms with E-state index >= 15 is 0 Å². The molecule has 0 heterocycles. The minimum absolute atomic E-state index is 0.0422. The summed E-state index contributed by atoms with van der Waals surface area (Å²) in [4.78, 5) is 12.8. The van der Waals surface area contributed by atoms with E-state index in [9.17, 15) is 4.79 Å². The lowest BCUT2D eigenvalue weighted by Gasteiger charge is -2.15. The Morgan fingerprint density at radius 1 is 1.33 bits per heavy atom. The predicted molar refractivity (Wildman–Crippen MR) is 69.9 cm³/mol. The van der Waals surface area contributed by atoms with Crippen LogP contribution < -0.4 is 5.32 Å². The highest BCUT2D eigenvalue weighted by molar-refractivity contribution is 9.10. The van der Waals surface area contributed by atoms with Gasteiger partial charge in [0.1, 0.15) is 0 Å². The van der Waals surface area contributed by atoms with Gasteiger partial charge in [-0.05, 0) is 44.4 Å². The van der Waals surface area contributed by atoms with Crippen LogP contribution in [0.5, 0.6) is 0 Å². The number of benzene rings is 1. The number of carbonyl (C=O) groups excluding carboxylic acids is 1. The van der Waals surface area contributed by atoms with Crippen molar-refractivity contribution in [3.8, 4) is 0 Å². The molecule has 1 aromatic rings. The number of alkyl halides is 1. The van der Waals surface area contributed by atoms with Gasteiger partial charge in [0.05, 0.1) is 4.32 Å². The summed E-state index contributed by atoms with van der Waals surface area (Å²) in [5.41, 5.74) is 0.824. The Kier molecular flexibility index (Phi) is 4.22. The number of rotatable bonds is 3. The average molecular weight is 288 g/mol. The van der Waals surface area contributed by atoms with Gasteiger partial charge >= 0.3 is 0 Å². The van der Waals surface area contributed by atoms with E-state index in [1.165, 1.54) is 4.90 Å². The molecule has 15 heavy (non-hydrogen) atoms. The topological polar surface area (TPSA) is 29.1 Å². The van der Waals surface area contributed by atoms with Crippen LogP contribution in [0.2, 0.25) is 0 Å². The first-order valence-electron chi connectivity index (χ1n) is 4.58. The maximum atomic E-state index is 11.6. The van der Waals surface area contributed by atoms with E-state index in [4.69, 9.17) is 0 Å². The summed E-state index contributed by atoms with van der Waals surface area (Å²) >= 11 is 4.99. The summed E-state index contributed by atoms with van der Waals surface area (Å²) in [6, 6.07) is 7.79. The van der Waals surface area contributed by atoms with Crippen molar-refractivity contribution in [3.63, 3.8) is 0 Å². The molecule has 0 atom stereocenters. The summed E-state index contributed by atoms with van der Waals surface area (Å²) in [6.07, 6.45) is 2.02. The third kappa shape index (κ3) is 3.87. The fourth-order valence-electron chi connectivity index (χ4n) is 0.954. The molecule has 0 fully saturated rings. The number of nitrogens with one attached hydrogen (secondary N) is 1. The predicted octanol–water partition coefficient (Wildman–Crippen LogP) is 3.52. The first-order valence-corrected chi connectivity index (χ1v) is 6.59. The Bertz CT molecular complexity index is 343. The fourth-order valence-corrected chi connectivity index (χ4v) is 1.46. The van der Waals surface area contributed by atoms with E-state index in [1.54, 1.807) is 11.8 Å². The van der Waals surface area contributed by atoms with Crippen molar-refractivity contribution in [1.82, 2.24) is 0 Å². The van der Waals surface area contributed by atoms with Crippen LogP contribution in [0.15, 0.2) is 29.2 Å². The second-order valence-electron chi connectivity index (χ2n) is 3.66. The summed E-state index contributed by atoms with van der Waals surface area (Å²) in [5.74, 6) is -0.0422. The SMILES string of the molecule is CSc1ccc(NC(=O)C(C)(C)Br)cc1. The molecule has 2 nitrogen and oxygen atoms in total. The number of anilines is 1. The van der Waals surface area contributed by atoms with E-state index in [-0.39, 0.29) is 5.91 Å². The molecule has 1 rings (SSSR count). The standard InChI is InChI=1S/C11H14BrNOS/c1-11(2,12)10(14)13-8-4-6-9(15-3)7-5-8/h4-7H,1-3H3,(H,13,14). The molecule has 82 valence electrons. The van der Waals surface area contributed by atoms with Crippen LogP contribution in [0.3, 0.4) is 0 Å². The maximum Gasteiger partial charge on any atom is 0.240 e. The molecule has 0 unspecified atom stereocenters. The lowest BCUT2D eigenvalue weighted by molar-refractivity contribution is -0.117. The Morgan fingerprint density at radius 3 is 2.27 bits per heavy atom. The van der Waals surface area contributed by atoms with Gasteiger partial charge in [0, 0.05) is 10.6 Å². The number of halogens is 1. The molecule has 4 heteroatoms. The summed E-state index contributed by atoms with van der Waals surface area (Å²) in [6.45, 7) is 3.64. The highest BCUT2D eigenvalue weighted by Gasteiger charge is 2.23. The second-order valence-corrected chi connectivity index (χ2v) is 6.52. The van der Waals surface area contributed by atoms with Crippen LogP contribution in [-0.2, 0) is 4.79 Å². The largest absolute Gasteiger partial charge is 0.325 e. The van der Waals surface area contributed by atoms with Gasteiger partial charge in [0.25, 0.3) is 0 Å². The van der Waals surface area contributed by atoms with Crippen molar-refractivity contribution >= 4 is 39.3 Å². The normalized spacial score (nSPS) is 11.2. The Morgan fingerprint density at radius 2 is 1.87 bits per heavy atom. The molecule has 0 aromatic heterocycles. The Labute approximate surface area is 103 Å². The average Bonchev–Trinajstić information content (AvgIpc) is 2.17. The van der Waals surface area contributed by atoms with E-state index < -0.39 is 4.32 Å². The number of carbonyl (C=O) groups is 1. The number of hydrogen-bond acceptors (Lipinski definition) is 2. The van der Waals surface area contributed by atoms with Gasteiger partial charge in [-0.2, -0.15) is 0 Å². The summed E-state index contributed by atoms with van der Waals surface area (Å²) < 4.78 is -0.537. The molecule has 0 aliphatic carbocycles. The second kappa shape index (κ2) is 5.03. The first-order chi connectivity index (χ1) is 6.93. The van der Waals surface area contributed by atoms with Crippen molar-refractivity contribution in [3.05, 3.63) is 24.3 Å². The van der Waals surface area contributed by atoms with E-state index in [0.717, 1.165) is 5.69 Å². The molecule has 0 bridgehead atoms. The van der Waals surface area contributed by atoms with Gasteiger partial charge < -0.3 is 5.32 Å². The van der Waals surface area contributed by atoms with Gasteiger partial charge in [-0.25, -0.2) is 0 Å². The maximum absolute atomic E-state index is 11.6. The van der Waals surface area contributed by atoms with Crippen molar-refractivity contribution in [2.75, 3.05) is 11.6 Å². The van der Waals surface area contributed by atoms with Crippen LogP contribution in [-0.4, -0.2) is 16.5 Å². The molecule has 0 saturated heterocycles. The van der Waals surface area contributed by atoms with E-state index in [1.807, 2.05) is 44.4 Å². The monoisotopic (exact) mass is 287 g/mol. The molecule has 1 N–H and O–H groups in total. The lowest BCUT2D eigenvalue weighted by Crippen LogP contribution is -2.30. The number of amides is 1. The van der Waals surface area contributed by atoms with Crippen LogP contribution in [0.4, 0.5) is 5.69 Å². The van der Waals surface area contributed by atoms with Crippen molar-refractivity contribution in [2.24, 2.45) is 0 Å². The first kappa shape index (κ1) is 12.6. The smallest absolute Gasteiger partial charge is 0.240 e. The molecule has 0 spiro atoms. The van der Waals surface area contributed by atoms with Gasteiger partial charge in [-0.3, -0.25) is 4.79 Å². The summed E-state index contributed by atoms with van der Waals surface area (Å²) in [5, 5.41) is 2.84. The van der Waals surface area contributed by atoms with Crippen LogP contribution >= 0.6 is 27.7 Å². The minimum atomic E-state index is -0.537. The highest BCUT2D eigenvalue weighted by Crippen LogP contribution is 2.21. The van der Waals surface area contributed by atoms with Crippen LogP contribution in [0.1, 0.15) is 13.8 Å². The van der Waals surface area contributed by atoms with E-state index in [2.05, 4.69) is 21.2 Å². The van der Waals surface area contributed by atoms with Gasteiger partial charge in [-0.1, -0.05) is 15.9 Å².